The van der Waals surface area contributed by atoms with E-state index in [0.717, 1.165) is 0 Å². The van der Waals surface area contributed by atoms with Crippen LogP contribution in [0.2, 0.25) is 0 Å². The zero-order valence-corrected chi connectivity index (χ0v) is 13.1. The summed E-state index contributed by atoms with van der Waals surface area (Å²) in [5, 5.41) is 0. The van der Waals surface area contributed by atoms with Crippen molar-refractivity contribution in [2.45, 2.75) is 26.2 Å². The van der Waals surface area contributed by atoms with Crippen molar-refractivity contribution in [3.63, 3.8) is 0 Å². The van der Waals surface area contributed by atoms with Crippen molar-refractivity contribution in [1.82, 2.24) is 14.9 Å². The summed E-state index contributed by atoms with van der Waals surface area (Å²) in [6.45, 7) is 4.44. The number of carbonyl (C=O) groups is 1. The third-order valence-corrected chi connectivity index (χ3v) is 5.11. The van der Waals surface area contributed by atoms with Crippen LogP contribution in [-0.2, 0) is 9.84 Å². The van der Waals surface area contributed by atoms with E-state index in [2.05, 4.69) is 9.97 Å². The average molecular weight is 312 g/mol. The van der Waals surface area contributed by atoms with Gasteiger partial charge in [0.2, 0.25) is 0 Å². The molecule has 0 unspecified atom stereocenters. The fourth-order valence-electron chi connectivity index (χ4n) is 2.15. The molecule has 0 aromatic carbocycles. The first kappa shape index (κ1) is 15.7. The topological polar surface area (TPSA) is 106 Å². The van der Waals surface area contributed by atoms with Crippen LogP contribution in [0.15, 0.2) is 6.20 Å². The summed E-state index contributed by atoms with van der Waals surface area (Å²) < 4.78 is 23.2. The predicted molar refractivity (Wildman–Crippen MR) is 79.7 cm³/mol. The second kappa shape index (κ2) is 5.97. The molecular formula is C13H20N4O3S. The van der Waals surface area contributed by atoms with Crippen molar-refractivity contribution < 1.29 is 13.2 Å². The highest BCUT2D eigenvalue weighted by molar-refractivity contribution is 7.91. The first-order valence-corrected chi connectivity index (χ1v) is 8.74. The second-order valence-electron chi connectivity index (χ2n) is 5.48. The van der Waals surface area contributed by atoms with E-state index >= 15 is 0 Å². The Hall–Kier alpha value is -1.70. The van der Waals surface area contributed by atoms with Crippen LogP contribution in [0.1, 0.15) is 42.5 Å². The largest absolute Gasteiger partial charge is 0.396 e. The lowest BCUT2D eigenvalue weighted by Gasteiger charge is -2.20. The van der Waals surface area contributed by atoms with Crippen LogP contribution in [0, 0.1) is 0 Å². The molecule has 0 spiro atoms. The highest BCUT2D eigenvalue weighted by Crippen LogP contribution is 2.16. The molecule has 1 aliphatic heterocycles. The number of nitrogens with two attached hydrogens (primary N) is 1. The van der Waals surface area contributed by atoms with Gasteiger partial charge >= 0.3 is 0 Å². The number of hydrogen-bond donors (Lipinski definition) is 1. The van der Waals surface area contributed by atoms with Crippen molar-refractivity contribution in [2.75, 3.05) is 30.3 Å². The standard InChI is InChI=1S/C13H20N4O3S/c1-9(2)12-15-8-10(14)11(16-12)13(18)17-4-3-6-21(19,20)7-5-17/h8-9H,3-7,14H2,1-2H3. The second-order valence-corrected chi connectivity index (χ2v) is 7.79. The van der Waals surface area contributed by atoms with E-state index in [9.17, 15) is 13.2 Å². The molecule has 0 bridgehead atoms. The first-order chi connectivity index (χ1) is 9.80. The van der Waals surface area contributed by atoms with Gasteiger partial charge in [-0.15, -0.1) is 0 Å². The number of nitrogen functional groups attached to an aromatic ring is 1. The lowest BCUT2D eigenvalue weighted by Crippen LogP contribution is -2.35. The van der Waals surface area contributed by atoms with E-state index in [1.807, 2.05) is 13.8 Å². The molecule has 8 heteroatoms. The summed E-state index contributed by atoms with van der Waals surface area (Å²) in [5.41, 5.74) is 6.18. The summed E-state index contributed by atoms with van der Waals surface area (Å²) in [5.74, 6) is 0.416. The lowest BCUT2D eigenvalue weighted by atomic mass is 10.2. The molecule has 1 saturated heterocycles. The molecule has 1 aliphatic rings. The van der Waals surface area contributed by atoms with E-state index in [1.54, 1.807) is 0 Å². The number of anilines is 1. The zero-order valence-electron chi connectivity index (χ0n) is 12.2. The smallest absolute Gasteiger partial charge is 0.274 e. The number of nitrogens with zero attached hydrogens (tertiary/aromatic N) is 3. The summed E-state index contributed by atoms with van der Waals surface area (Å²) in [4.78, 5) is 22.4. The van der Waals surface area contributed by atoms with E-state index in [0.29, 0.717) is 18.8 Å². The zero-order chi connectivity index (χ0) is 15.6. The maximum Gasteiger partial charge on any atom is 0.274 e. The molecule has 2 N–H and O–H groups in total. The molecule has 1 fully saturated rings. The van der Waals surface area contributed by atoms with Gasteiger partial charge < -0.3 is 10.6 Å². The van der Waals surface area contributed by atoms with Crippen molar-refractivity contribution in [2.24, 2.45) is 0 Å². The predicted octanol–water partition coefficient (Wildman–Crippen LogP) is 0.443. The van der Waals surface area contributed by atoms with Crippen LogP contribution < -0.4 is 5.73 Å². The van der Waals surface area contributed by atoms with Gasteiger partial charge in [0.1, 0.15) is 5.82 Å². The molecule has 0 aliphatic carbocycles. The van der Waals surface area contributed by atoms with Crippen LogP contribution in [0.4, 0.5) is 5.69 Å². The van der Waals surface area contributed by atoms with Gasteiger partial charge in [0.05, 0.1) is 23.4 Å². The number of sulfone groups is 1. The van der Waals surface area contributed by atoms with Gasteiger partial charge in [-0.2, -0.15) is 0 Å². The Bertz CT molecular complexity index is 643. The Kier molecular flexibility index (Phi) is 4.46. The van der Waals surface area contributed by atoms with Gasteiger partial charge in [-0.25, -0.2) is 18.4 Å². The van der Waals surface area contributed by atoms with Crippen molar-refractivity contribution in [3.8, 4) is 0 Å². The summed E-state index contributed by atoms with van der Waals surface area (Å²) in [6, 6.07) is 0. The molecule has 7 nitrogen and oxygen atoms in total. The maximum absolute atomic E-state index is 12.5. The Morgan fingerprint density at radius 1 is 1.33 bits per heavy atom. The van der Waals surface area contributed by atoms with Crippen LogP contribution in [0.5, 0.6) is 0 Å². The minimum absolute atomic E-state index is 0.0131. The molecule has 116 valence electrons. The van der Waals surface area contributed by atoms with Crippen molar-refractivity contribution in [3.05, 3.63) is 17.7 Å². The Morgan fingerprint density at radius 3 is 2.71 bits per heavy atom. The van der Waals surface area contributed by atoms with Crippen molar-refractivity contribution >= 4 is 21.4 Å². The Morgan fingerprint density at radius 2 is 2.05 bits per heavy atom. The monoisotopic (exact) mass is 312 g/mol. The number of carbonyl (C=O) groups excluding carboxylic acids is 1. The Balaban J connectivity index is 2.25. The van der Waals surface area contributed by atoms with Gasteiger partial charge in [0.15, 0.2) is 15.5 Å². The first-order valence-electron chi connectivity index (χ1n) is 6.92. The van der Waals surface area contributed by atoms with Crippen LogP contribution in [-0.4, -0.2) is 53.8 Å². The van der Waals surface area contributed by atoms with Crippen LogP contribution >= 0.6 is 0 Å². The molecule has 21 heavy (non-hydrogen) atoms. The number of amides is 1. The van der Waals surface area contributed by atoms with E-state index in [-0.39, 0.29) is 41.3 Å². The number of aromatic nitrogens is 2. The molecule has 0 atom stereocenters. The van der Waals surface area contributed by atoms with Gasteiger partial charge in [-0.1, -0.05) is 13.8 Å². The maximum atomic E-state index is 12.5. The lowest BCUT2D eigenvalue weighted by molar-refractivity contribution is 0.0763. The molecule has 1 amide bonds. The van der Waals surface area contributed by atoms with Crippen LogP contribution in [0.25, 0.3) is 0 Å². The van der Waals surface area contributed by atoms with Gasteiger partial charge in [-0.3, -0.25) is 4.79 Å². The third kappa shape index (κ3) is 3.69. The average Bonchev–Trinajstić information content (AvgIpc) is 2.59. The van der Waals surface area contributed by atoms with Gasteiger partial charge in [0.25, 0.3) is 5.91 Å². The molecule has 1 aromatic rings. The fourth-order valence-corrected chi connectivity index (χ4v) is 3.42. The summed E-state index contributed by atoms with van der Waals surface area (Å²) in [6.07, 6.45) is 1.88. The molecule has 2 rings (SSSR count). The third-order valence-electron chi connectivity index (χ3n) is 3.40. The number of rotatable bonds is 2. The van der Waals surface area contributed by atoms with Gasteiger partial charge in [-0.05, 0) is 6.42 Å². The van der Waals surface area contributed by atoms with Crippen LogP contribution in [0.3, 0.4) is 0 Å². The van der Waals surface area contributed by atoms with Crippen molar-refractivity contribution in [1.29, 1.82) is 0 Å². The highest BCUT2D eigenvalue weighted by atomic mass is 32.2. The normalized spacial score (nSPS) is 18.5. The van der Waals surface area contributed by atoms with E-state index in [1.165, 1.54) is 11.1 Å². The molecule has 2 heterocycles. The fraction of sp³-hybridized carbons (Fsp3) is 0.615. The quantitative estimate of drug-likeness (QED) is 0.849. The highest BCUT2D eigenvalue weighted by Gasteiger charge is 2.26. The van der Waals surface area contributed by atoms with Gasteiger partial charge in [0, 0.05) is 19.0 Å². The van der Waals surface area contributed by atoms with E-state index < -0.39 is 9.84 Å². The summed E-state index contributed by atoms with van der Waals surface area (Å²) in [7, 11) is -3.06. The minimum atomic E-state index is -3.06. The number of hydrogen-bond acceptors (Lipinski definition) is 6. The minimum Gasteiger partial charge on any atom is -0.396 e. The molecular weight excluding hydrogens is 292 g/mol. The Labute approximate surface area is 124 Å². The SMILES string of the molecule is CC(C)c1ncc(N)c(C(=O)N2CCCS(=O)(=O)CC2)n1. The molecule has 1 aromatic heterocycles. The molecule has 0 saturated carbocycles. The van der Waals surface area contributed by atoms with E-state index in [4.69, 9.17) is 5.73 Å². The summed E-state index contributed by atoms with van der Waals surface area (Å²) >= 11 is 0. The molecule has 0 radical (unpaired) electrons.